The minimum Gasteiger partial charge on any atom is -0.492 e. The molecule has 0 aromatic heterocycles. The van der Waals surface area contributed by atoms with E-state index in [-0.39, 0.29) is 5.83 Å². The maximum Gasteiger partial charge on any atom is 0.137 e. The van der Waals surface area contributed by atoms with Crippen molar-refractivity contribution in [2.24, 2.45) is 4.99 Å². The van der Waals surface area contributed by atoms with Crippen LogP contribution in [-0.4, -0.2) is 43.1 Å². The van der Waals surface area contributed by atoms with E-state index >= 15 is 0 Å². The summed E-state index contributed by atoms with van der Waals surface area (Å²) in [7, 11) is 2.11. The molecule has 1 aromatic carbocycles. The summed E-state index contributed by atoms with van der Waals surface area (Å²) in [6, 6.07) is 5.65. The lowest BCUT2D eigenvalue weighted by molar-refractivity contribution is 0.325. The van der Waals surface area contributed by atoms with Gasteiger partial charge in [-0.25, -0.2) is 4.39 Å². The third-order valence-electron chi connectivity index (χ3n) is 5.49. The molecule has 0 amide bonds. The van der Waals surface area contributed by atoms with Crippen LogP contribution in [0.3, 0.4) is 0 Å². The molecular formula is C40H60ClFN2OS. The second-order valence-electron chi connectivity index (χ2n) is 9.43. The van der Waals surface area contributed by atoms with Crippen LogP contribution in [-0.2, 0) is 0 Å². The van der Waals surface area contributed by atoms with Gasteiger partial charge in [0.15, 0.2) is 0 Å². The highest BCUT2D eigenvalue weighted by atomic mass is 35.5. The van der Waals surface area contributed by atoms with Crippen molar-refractivity contribution in [1.29, 1.82) is 0 Å². The number of aryl methyl sites for hydroxylation is 1. The number of allylic oxidation sites excluding steroid dienone is 12. The second-order valence-corrected chi connectivity index (χ2v) is 10.3. The van der Waals surface area contributed by atoms with Gasteiger partial charge in [0, 0.05) is 25.0 Å². The maximum absolute atomic E-state index is 12.6. The standard InChI is InChI=1S/C21H32N2S.C15H16ClFO.2C2H6/c1-7-10-12-19(17-23(6)15-16-24)13-14-20(18(4)5)21(11-8-2)22-9-3;1-3-13(17)7-5-4-6-10-18-15-9-8-12(2)11-14(15)16;2*1-2/h7-14,24H,3,15-17H2,1-2,4-6H3;3-5,7-9,11H,1,6,10H2,2H3;2*1-2H3/b10-7-,11-8-,14-13+,19-12+,22-21?;5-4-,13-7+;;. The molecule has 0 radical (unpaired) electrons. The maximum atomic E-state index is 12.6. The van der Waals surface area contributed by atoms with Crippen LogP contribution >= 0.6 is 24.2 Å². The van der Waals surface area contributed by atoms with Gasteiger partial charge in [0.25, 0.3) is 0 Å². The van der Waals surface area contributed by atoms with E-state index in [1.165, 1.54) is 17.2 Å². The number of ether oxygens (including phenoxy) is 1. The Morgan fingerprint density at radius 1 is 1.02 bits per heavy atom. The van der Waals surface area contributed by atoms with Crippen LogP contribution in [0.4, 0.5) is 4.39 Å². The minimum absolute atomic E-state index is 0.353. The van der Waals surface area contributed by atoms with Crippen molar-refractivity contribution in [2.75, 3.05) is 32.5 Å². The third-order valence-corrected chi connectivity index (χ3v) is 5.98. The van der Waals surface area contributed by atoms with Gasteiger partial charge in [0.2, 0.25) is 0 Å². The quantitative estimate of drug-likeness (QED) is 0.0819. The van der Waals surface area contributed by atoms with Crippen molar-refractivity contribution in [3.63, 3.8) is 0 Å². The van der Waals surface area contributed by atoms with Gasteiger partial charge in [0.1, 0.15) is 11.6 Å². The van der Waals surface area contributed by atoms with E-state index in [0.29, 0.717) is 23.8 Å². The zero-order valence-electron chi connectivity index (χ0n) is 30.1. The molecular weight excluding hydrogens is 611 g/mol. The van der Waals surface area contributed by atoms with E-state index in [1.807, 2.05) is 91.0 Å². The van der Waals surface area contributed by atoms with Gasteiger partial charge in [-0.2, -0.15) is 12.6 Å². The fourth-order valence-corrected chi connectivity index (χ4v) is 4.01. The Morgan fingerprint density at radius 3 is 2.22 bits per heavy atom. The number of benzene rings is 1. The SMILES string of the molecule is C=C/C(F)=C\C=C/CCOc1ccc(C)cc1Cl.C=CN=C(/C=C\C)C(/C=C/C(=C\C=C/C)CN(C)CCS)=C(C)C.CC.CC. The summed E-state index contributed by atoms with van der Waals surface area (Å²) in [6.07, 6.45) is 22.8. The van der Waals surface area contributed by atoms with Gasteiger partial charge < -0.3 is 9.64 Å². The number of rotatable bonds is 16. The van der Waals surface area contributed by atoms with Crippen LogP contribution in [0.2, 0.25) is 5.02 Å². The number of hydrogen-bond donors (Lipinski definition) is 1. The lowest BCUT2D eigenvalue weighted by atomic mass is 10.0. The van der Waals surface area contributed by atoms with Gasteiger partial charge in [-0.05, 0) is 95.2 Å². The van der Waals surface area contributed by atoms with Gasteiger partial charge in [-0.3, -0.25) is 4.99 Å². The first-order valence-corrected chi connectivity index (χ1v) is 17.0. The number of nitrogens with zero attached hydrogens (tertiary/aromatic N) is 2. The van der Waals surface area contributed by atoms with E-state index in [1.54, 1.807) is 12.3 Å². The summed E-state index contributed by atoms with van der Waals surface area (Å²) in [5, 5.41) is 0.608. The van der Waals surface area contributed by atoms with Crippen LogP contribution < -0.4 is 4.74 Å². The number of aliphatic imine (C=N–C) groups is 1. The van der Waals surface area contributed by atoms with Gasteiger partial charge in [-0.1, -0.05) is 113 Å². The Morgan fingerprint density at radius 2 is 1.70 bits per heavy atom. The van der Waals surface area contributed by atoms with Crippen molar-refractivity contribution >= 4 is 29.9 Å². The fraction of sp³-hybridized carbons (Fsp3) is 0.375. The number of hydrogen-bond acceptors (Lipinski definition) is 4. The lowest BCUT2D eigenvalue weighted by Crippen LogP contribution is -2.22. The first-order valence-electron chi connectivity index (χ1n) is 16.0. The minimum atomic E-state index is -0.353. The van der Waals surface area contributed by atoms with E-state index in [4.69, 9.17) is 16.3 Å². The lowest BCUT2D eigenvalue weighted by Gasteiger charge is -2.16. The van der Waals surface area contributed by atoms with E-state index in [0.717, 1.165) is 41.8 Å². The summed E-state index contributed by atoms with van der Waals surface area (Å²) >= 11 is 10.3. The molecule has 46 heavy (non-hydrogen) atoms. The molecule has 0 aliphatic heterocycles. The predicted molar refractivity (Wildman–Crippen MR) is 212 cm³/mol. The van der Waals surface area contributed by atoms with E-state index in [9.17, 15) is 4.39 Å². The van der Waals surface area contributed by atoms with E-state index in [2.05, 4.69) is 80.9 Å². The first-order chi connectivity index (χ1) is 22.1. The molecule has 0 unspecified atom stereocenters. The van der Waals surface area contributed by atoms with Crippen molar-refractivity contribution < 1.29 is 9.13 Å². The summed E-state index contributed by atoms with van der Waals surface area (Å²) in [4.78, 5) is 6.66. The molecule has 0 fully saturated rings. The number of likely N-dealkylation sites (N-methyl/N-ethyl adjacent to an activating group) is 1. The molecule has 0 aliphatic carbocycles. The topological polar surface area (TPSA) is 24.8 Å². The smallest absolute Gasteiger partial charge is 0.137 e. The molecule has 1 rings (SSSR count). The van der Waals surface area contributed by atoms with Crippen molar-refractivity contribution in [3.8, 4) is 5.75 Å². The summed E-state index contributed by atoms with van der Waals surface area (Å²) in [5.41, 5.74) is 5.61. The largest absolute Gasteiger partial charge is 0.492 e. The van der Waals surface area contributed by atoms with Gasteiger partial charge in [-0.15, -0.1) is 0 Å². The molecule has 0 atom stereocenters. The molecule has 256 valence electrons. The highest BCUT2D eigenvalue weighted by Crippen LogP contribution is 2.25. The Hall–Kier alpha value is -3.12. The van der Waals surface area contributed by atoms with Gasteiger partial charge in [0.05, 0.1) is 17.3 Å². The van der Waals surface area contributed by atoms with Crippen molar-refractivity contribution in [1.82, 2.24) is 4.90 Å². The second kappa shape index (κ2) is 33.2. The normalized spacial score (nSPS) is 12.0. The first kappa shape index (κ1) is 47.3. The average Bonchev–Trinajstić information content (AvgIpc) is 3.04. The Bertz CT molecular complexity index is 1220. The highest BCUT2D eigenvalue weighted by molar-refractivity contribution is 7.80. The molecule has 0 aliphatic rings. The van der Waals surface area contributed by atoms with Crippen molar-refractivity contribution in [2.45, 2.75) is 68.7 Å². The molecule has 6 heteroatoms. The summed E-state index contributed by atoms with van der Waals surface area (Å²) < 4.78 is 18.1. The van der Waals surface area contributed by atoms with Crippen molar-refractivity contribution in [3.05, 3.63) is 138 Å². The van der Waals surface area contributed by atoms with Crippen LogP contribution in [0, 0.1) is 6.92 Å². The molecule has 1 aromatic rings. The summed E-state index contributed by atoms with van der Waals surface area (Å²) in [6.45, 7) is 27.6. The van der Waals surface area contributed by atoms with Crippen LogP contribution in [0.15, 0.2) is 132 Å². The average molecular weight is 671 g/mol. The number of halogens is 2. The Kier molecular flexibility index (Phi) is 34.2. The Labute approximate surface area is 292 Å². The molecule has 3 nitrogen and oxygen atoms in total. The molecule has 0 saturated heterocycles. The highest BCUT2D eigenvalue weighted by Gasteiger charge is 2.04. The van der Waals surface area contributed by atoms with Crippen LogP contribution in [0.25, 0.3) is 0 Å². The monoisotopic (exact) mass is 670 g/mol. The van der Waals surface area contributed by atoms with Gasteiger partial charge >= 0.3 is 0 Å². The number of thiol groups is 1. The van der Waals surface area contributed by atoms with Crippen LogP contribution in [0.1, 0.15) is 67.4 Å². The zero-order chi connectivity index (χ0) is 35.8. The Balaban J connectivity index is -0.000000746. The fourth-order valence-electron chi connectivity index (χ4n) is 3.38. The van der Waals surface area contributed by atoms with E-state index < -0.39 is 0 Å². The predicted octanol–water partition coefficient (Wildman–Crippen LogP) is 12.5. The molecule has 0 spiro atoms. The third kappa shape index (κ3) is 25.1. The zero-order valence-corrected chi connectivity index (χ0v) is 31.8. The molecule has 0 N–H and O–H groups in total. The van der Waals surface area contributed by atoms with Crippen LogP contribution in [0.5, 0.6) is 5.75 Å². The molecule has 0 bridgehead atoms. The summed E-state index contributed by atoms with van der Waals surface area (Å²) in [5.74, 6) is 1.17. The molecule has 0 saturated carbocycles. The molecule has 0 heterocycles.